The molecule has 0 aliphatic carbocycles. The summed E-state index contributed by atoms with van der Waals surface area (Å²) in [5.41, 5.74) is 3.01. The number of halogens is 2. The molecule has 0 atom stereocenters. The Morgan fingerprint density at radius 3 is 2.76 bits per heavy atom. The summed E-state index contributed by atoms with van der Waals surface area (Å²) < 4.78 is 13.9. The summed E-state index contributed by atoms with van der Waals surface area (Å²) in [7, 11) is 2.02. The Kier molecular flexibility index (Phi) is 6.35. The number of H-pyrrole nitrogens is 1. The van der Waals surface area contributed by atoms with Crippen LogP contribution >= 0.6 is 12.4 Å². The van der Waals surface area contributed by atoms with Gasteiger partial charge < -0.3 is 24.7 Å². The molecular weight excluding hydrogens is 449 g/mol. The van der Waals surface area contributed by atoms with E-state index in [2.05, 4.69) is 20.0 Å². The molecular formula is C23H23ClFN5O3. The van der Waals surface area contributed by atoms with E-state index < -0.39 is 5.82 Å². The first kappa shape index (κ1) is 22.8. The number of oxime groups is 1. The molecule has 1 aromatic heterocycles. The highest BCUT2D eigenvalue weighted by atomic mass is 35.5. The summed E-state index contributed by atoms with van der Waals surface area (Å²) in [5, 5.41) is 15.3. The third-order valence-electron chi connectivity index (χ3n) is 5.79. The predicted molar refractivity (Wildman–Crippen MR) is 126 cm³/mol. The molecule has 2 aliphatic rings. The largest absolute Gasteiger partial charge is 0.494 e. The van der Waals surface area contributed by atoms with Crippen molar-refractivity contribution < 1.29 is 19.1 Å². The number of fused-ring (bicyclic) bond motifs is 2. The summed E-state index contributed by atoms with van der Waals surface area (Å²) in [6.07, 6.45) is 0. The molecule has 3 aromatic rings. The van der Waals surface area contributed by atoms with Crippen molar-refractivity contribution >= 4 is 46.3 Å². The fraction of sp³-hybridized carbons (Fsp3) is 0.261. The van der Waals surface area contributed by atoms with Crippen molar-refractivity contribution in [2.75, 3.05) is 39.8 Å². The number of para-hydroxylation sites is 1. The van der Waals surface area contributed by atoms with Gasteiger partial charge >= 0.3 is 0 Å². The van der Waals surface area contributed by atoms with Gasteiger partial charge in [0, 0.05) is 42.6 Å². The quantitative estimate of drug-likeness (QED) is 0.572. The van der Waals surface area contributed by atoms with E-state index in [-0.39, 0.29) is 30.8 Å². The van der Waals surface area contributed by atoms with Gasteiger partial charge in [-0.15, -0.1) is 12.4 Å². The minimum atomic E-state index is -0.429. The molecule has 1 saturated heterocycles. The molecule has 1 fully saturated rings. The molecule has 172 valence electrons. The first-order valence-corrected chi connectivity index (χ1v) is 10.4. The van der Waals surface area contributed by atoms with Crippen molar-refractivity contribution in [3.05, 3.63) is 59.4 Å². The number of carbonyl (C=O) groups is 1. The van der Waals surface area contributed by atoms with Crippen LogP contribution in [-0.2, 0) is 9.63 Å². The molecule has 0 radical (unpaired) electrons. The Morgan fingerprint density at radius 2 is 1.97 bits per heavy atom. The fourth-order valence-corrected chi connectivity index (χ4v) is 4.03. The lowest BCUT2D eigenvalue weighted by Crippen LogP contribution is -2.48. The number of aromatic hydroxyl groups is 1. The van der Waals surface area contributed by atoms with Gasteiger partial charge in [0.2, 0.25) is 0 Å². The fourth-order valence-electron chi connectivity index (χ4n) is 4.03. The first-order chi connectivity index (χ1) is 15.5. The number of amides is 1. The molecule has 3 heterocycles. The van der Waals surface area contributed by atoms with Gasteiger partial charge in [-0.3, -0.25) is 4.79 Å². The maximum absolute atomic E-state index is 13.9. The third kappa shape index (κ3) is 4.29. The van der Waals surface area contributed by atoms with Gasteiger partial charge in [-0.2, -0.15) is 0 Å². The zero-order valence-electron chi connectivity index (χ0n) is 17.9. The van der Waals surface area contributed by atoms with E-state index in [1.165, 1.54) is 12.1 Å². The van der Waals surface area contributed by atoms with Crippen molar-refractivity contribution in [2.24, 2.45) is 10.1 Å². The number of aromatic amines is 1. The van der Waals surface area contributed by atoms with Crippen molar-refractivity contribution in [1.82, 2.24) is 14.8 Å². The second-order valence-corrected chi connectivity index (χ2v) is 7.91. The highest BCUT2D eigenvalue weighted by Gasteiger charge is 2.29. The number of aromatic nitrogens is 1. The van der Waals surface area contributed by atoms with Crippen LogP contribution in [0.1, 0.15) is 11.1 Å². The van der Waals surface area contributed by atoms with E-state index in [0.717, 1.165) is 13.1 Å². The SMILES string of the molecule is CN1CCN(C(=O)CO/N=C2/C(c3c(O)[nH]c4ccc(F)cc34)=Nc3ccccc32)CC1.Cl. The number of hydrogen-bond acceptors (Lipinski definition) is 6. The van der Waals surface area contributed by atoms with Gasteiger partial charge in [-0.25, -0.2) is 9.38 Å². The number of nitrogens with one attached hydrogen (secondary N) is 1. The van der Waals surface area contributed by atoms with E-state index in [9.17, 15) is 14.3 Å². The van der Waals surface area contributed by atoms with Gasteiger partial charge in [-0.1, -0.05) is 23.4 Å². The molecule has 2 N–H and O–H groups in total. The number of nitrogens with zero attached hydrogens (tertiary/aromatic N) is 4. The third-order valence-corrected chi connectivity index (χ3v) is 5.79. The Morgan fingerprint density at radius 1 is 1.21 bits per heavy atom. The summed E-state index contributed by atoms with van der Waals surface area (Å²) in [4.78, 5) is 29.3. The van der Waals surface area contributed by atoms with Gasteiger partial charge in [0.25, 0.3) is 5.91 Å². The van der Waals surface area contributed by atoms with E-state index in [4.69, 9.17) is 4.84 Å². The van der Waals surface area contributed by atoms with Crippen molar-refractivity contribution in [2.45, 2.75) is 0 Å². The van der Waals surface area contributed by atoms with Crippen molar-refractivity contribution in [3.63, 3.8) is 0 Å². The van der Waals surface area contributed by atoms with E-state index >= 15 is 0 Å². The van der Waals surface area contributed by atoms with Crippen LogP contribution in [0.3, 0.4) is 0 Å². The predicted octanol–water partition coefficient (Wildman–Crippen LogP) is 3.06. The number of piperazine rings is 1. The van der Waals surface area contributed by atoms with Crippen LogP contribution in [0.15, 0.2) is 52.6 Å². The number of likely N-dealkylation sites (N-methyl/N-ethyl adjacent to an activating group) is 1. The smallest absolute Gasteiger partial charge is 0.263 e. The molecule has 5 rings (SSSR count). The summed E-state index contributed by atoms with van der Waals surface area (Å²) in [5.74, 6) is -0.705. The van der Waals surface area contributed by atoms with Gasteiger partial charge in [-0.05, 0) is 31.3 Å². The summed E-state index contributed by atoms with van der Waals surface area (Å²) >= 11 is 0. The standard InChI is InChI=1S/C23H22FN5O3.ClH/c1-28-8-10-29(11-9-28)19(30)13-32-27-21-15-4-2-3-5-17(15)25-22(21)20-16-12-14(24)6-7-18(16)26-23(20)31;/h2-7,12,26,31H,8-11,13H2,1H3;1H/b27-21+;. The molecule has 10 heteroatoms. The summed E-state index contributed by atoms with van der Waals surface area (Å²) in [6.45, 7) is 2.75. The topological polar surface area (TPSA) is 93.5 Å². The molecule has 8 nitrogen and oxygen atoms in total. The van der Waals surface area contributed by atoms with Crippen LogP contribution in [0.4, 0.5) is 10.1 Å². The minimum absolute atomic E-state index is 0. The first-order valence-electron chi connectivity index (χ1n) is 10.4. The van der Waals surface area contributed by atoms with Gasteiger partial charge in [0.1, 0.15) is 17.2 Å². The van der Waals surface area contributed by atoms with Crippen LogP contribution < -0.4 is 0 Å². The Balaban J connectivity index is 0.00000259. The van der Waals surface area contributed by atoms with Crippen LogP contribution in [0.25, 0.3) is 10.9 Å². The highest BCUT2D eigenvalue weighted by molar-refractivity contribution is 6.58. The van der Waals surface area contributed by atoms with Crippen molar-refractivity contribution in [3.8, 4) is 5.88 Å². The average molecular weight is 472 g/mol. The number of hydrogen-bond donors (Lipinski definition) is 2. The second-order valence-electron chi connectivity index (χ2n) is 7.91. The van der Waals surface area contributed by atoms with E-state index in [1.807, 2.05) is 31.3 Å². The van der Waals surface area contributed by atoms with Gasteiger partial charge in [0.15, 0.2) is 12.5 Å². The Labute approximate surface area is 195 Å². The Hall–Kier alpha value is -3.43. The molecule has 33 heavy (non-hydrogen) atoms. The zero-order valence-corrected chi connectivity index (χ0v) is 18.7. The molecule has 0 bridgehead atoms. The Bertz CT molecular complexity index is 1260. The van der Waals surface area contributed by atoms with Crippen molar-refractivity contribution in [1.29, 1.82) is 0 Å². The van der Waals surface area contributed by atoms with Gasteiger partial charge in [0.05, 0.1) is 11.3 Å². The lowest BCUT2D eigenvalue weighted by molar-refractivity contribution is -0.137. The average Bonchev–Trinajstić information content (AvgIpc) is 3.30. The highest BCUT2D eigenvalue weighted by Crippen LogP contribution is 2.35. The molecule has 0 unspecified atom stereocenters. The minimum Gasteiger partial charge on any atom is -0.494 e. The maximum Gasteiger partial charge on any atom is 0.263 e. The molecule has 1 amide bonds. The van der Waals surface area contributed by atoms with E-state index in [0.29, 0.717) is 52.2 Å². The zero-order chi connectivity index (χ0) is 22.2. The number of rotatable bonds is 4. The number of carbonyl (C=O) groups excluding carboxylic acids is 1. The number of aliphatic imine (C=N–C) groups is 1. The van der Waals surface area contributed by atoms with Crippen LogP contribution in [0, 0.1) is 5.82 Å². The second kappa shape index (κ2) is 9.21. The van der Waals surface area contributed by atoms with Crippen LogP contribution in [0.5, 0.6) is 5.88 Å². The molecule has 2 aromatic carbocycles. The van der Waals surface area contributed by atoms with Crippen LogP contribution in [0.2, 0.25) is 0 Å². The normalized spacial score (nSPS) is 17.1. The maximum atomic E-state index is 13.9. The van der Waals surface area contributed by atoms with Crippen LogP contribution in [-0.4, -0.2) is 77.1 Å². The van der Waals surface area contributed by atoms with E-state index in [1.54, 1.807) is 11.0 Å². The molecule has 0 saturated carbocycles. The molecule has 2 aliphatic heterocycles. The lowest BCUT2D eigenvalue weighted by atomic mass is 10.0. The monoisotopic (exact) mass is 471 g/mol. The summed E-state index contributed by atoms with van der Waals surface area (Å²) in [6, 6.07) is 11.5. The number of benzene rings is 2. The lowest BCUT2D eigenvalue weighted by Gasteiger charge is -2.32. The molecule has 0 spiro atoms.